The molecule has 1 amide bonds. The first kappa shape index (κ1) is 22.5. The highest BCUT2D eigenvalue weighted by atomic mass is 32.2. The van der Waals surface area contributed by atoms with E-state index in [1.54, 1.807) is 42.5 Å². The second-order valence-corrected chi connectivity index (χ2v) is 8.69. The number of carbonyl (C=O) groups excluding carboxylic acids is 2. The number of aromatic hydroxyl groups is 1. The predicted molar refractivity (Wildman–Crippen MR) is 112 cm³/mol. The van der Waals surface area contributed by atoms with Gasteiger partial charge in [0.2, 0.25) is 11.7 Å². The van der Waals surface area contributed by atoms with Gasteiger partial charge in [-0.2, -0.15) is 13.2 Å². The average molecular weight is 480 g/mol. The van der Waals surface area contributed by atoms with Gasteiger partial charge in [0, 0.05) is 24.0 Å². The summed E-state index contributed by atoms with van der Waals surface area (Å²) in [5.41, 5.74) is -4.55. The summed E-state index contributed by atoms with van der Waals surface area (Å²) in [5.74, 6) is -1.03. The van der Waals surface area contributed by atoms with E-state index in [-0.39, 0.29) is 16.8 Å². The zero-order chi connectivity index (χ0) is 24.0. The van der Waals surface area contributed by atoms with Crippen molar-refractivity contribution in [1.82, 2.24) is 14.6 Å². The summed E-state index contributed by atoms with van der Waals surface area (Å²) >= 11 is 0. The van der Waals surface area contributed by atoms with Crippen LogP contribution in [0.25, 0.3) is 10.9 Å². The van der Waals surface area contributed by atoms with Crippen molar-refractivity contribution < 1.29 is 36.3 Å². The Labute approximate surface area is 184 Å². The molecule has 0 aliphatic carbocycles. The molecule has 2 aromatic carbocycles. The lowest BCUT2D eigenvalue weighted by atomic mass is 10.0. The van der Waals surface area contributed by atoms with E-state index in [0.717, 1.165) is 4.57 Å². The van der Waals surface area contributed by atoms with Crippen LogP contribution in [0.2, 0.25) is 0 Å². The Hall–Kier alpha value is -3.71. The minimum atomic E-state index is -5.55. The first-order chi connectivity index (χ1) is 15.5. The number of benzene rings is 2. The minimum Gasteiger partial charge on any atom is -0.494 e. The molecular formula is C20H15F3N4O5S. The second-order valence-electron chi connectivity index (χ2n) is 6.93. The van der Waals surface area contributed by atoms with Crippen molar-refractivity contribution in [3.8, 4) is 5.88 Å². The monoisotopic (exact) mass is 480 g/mol. The number of amides is 1. The fourth-order valence-electron chi connectivity index (χ4n) is 3.41. The van der Waals surface area contributed by atoms with Crippen LogP contribution < -0.4 is 10.0 Å². The number of aliphatic imine (C=N–C) groups is 1. The molecule has 3 N–H and O–H groups in total. The summed E-state index contributed by atoms with van der Waals surface area (Å²) in [6.45, 7) is -1.23. The molecule has 2 heterocycles. The quantitative estimate of drug-likeness (QED) is 0.484. The molecule has 1 aliphatic heterocycles. The van der Waals surface area contributed by atoms with Crippen LogP contribution in [0.15, 0.2) is 53.5 Å². The van der Waals surface area contributed by atoms with Gasteiger partial charge in [-0.15, -0.1) is 0 Å². The highest BCUT2D eigenvalue weighted by molar-refractivity contribution is 7.90. The Morgan fingerprint density at radius 2 is 1.73 bits per heavy atom. The predicted octanol–water partition coefficient (Wildman–Crippen LogP) is 2.66. The average Bonchev–Trinajstić information content (AvgIpc) is 3.23. The van der Waals surface area contributed by atoms with Gasteiger partial charge in [0.25, 0.3) is 0 Å². The third-order valence-corrected chi connectivity index (χ3v) is 6.08. The Balaban J connectivity index is 1.62. The molecule has 13 heteroatoms. The van der Waals surface area contributed by atoms with Crippen molar-refractivity contribution in [2.45, 2.75) is 5.51 Å². The van der Waals surface area contributed by atoms with E-state index in [1.165, 1.54) is 10.8 Å². The van der Waals surface area contributed by atoms with Crippen LogP contribution >= 0.6 is 0 Å². The number of carbonyl (C=O) groups is 2. The molecule has 3 aromatic rings. The van der Waals surface area contributed by atoms with Crippen LogP contribution in [-0.4, -0.2) is 54.2 Å². The van der Waals surface area contributed by atoms with E-state index >= 15 is 0 Å². The number of para-hydroxylation sites is 2. The summed E-state index contributed by atoms with van der Waals surface area (Å²) in [6.07, 6.45) is 0. The van der Waals surface area contributed by atoms with Gasteiger partial charge >= 0.3 is 21.6 Å². The molecule has 0 saturated carbocycles. The number of alkyl halides is 3. The summed E-state index contributed by atoms with van der Waals surface area (Å²) in [7, 11) is -5.55. The number of hydrogen-bond acceptors (Lipinski definition) is 6. The highest BCUT2D eigenvalue weighted by Crippen LogP contribution is 2.37. The molecule has 9 nitrogen and oxygen atoms in total. The molecule has 0 atom stereocenters. The number of sulfonamides is 1. The fraction of sp³-hybridized carbons (Fsp3) is 0.150. The first-order valence-corrected chi connectivity index (χ1v) is 10.9. The van der Waals surface area contributed by atoms with Gasteiger partial charge in [-0.05, 0) is 18.2 Å². The fourth-order valence-corrected chi connectivity index (χ4v) is 3.95. The summed E-state index contributed by atoms with van der Waals surface area (Å²) in [6, 6.07) is 11.9. The van der Waals surface area contributed by atoms with Crippen LogP contribution in [0.3, 0.4) is 0 Å². The van der Waals surface area contributed by atoms with Crippen LogP contribution in [0.1, 0.15) is 15.9 Å². The molecule has 0 fully saturated rings. The third-order valence-electron chi connectivity index (χ3n) is 4.88. The number of halogens is 3. The van der Waals surface area contributed by atoms with Crippen LogP contribution in [0, 0.1) is 0 Å². The summed E-state index contributed by atoms with van der Waals surface area (Å²) in [5, 5.41) is 13.4. The van der Waals surface area contributed by atoms with E-state index in [4.69, 9.17) is 0 Å². The van der Waals surface area contributed by atoms with Crippen molar-refractivity contribution in [1.29, 1.82) is 0 Å². The van der Waals surface area contributed by atoms with E-state index in [0.29, 0.717) is 16.6 Å². The molecule has 172 valence electrons. The molecule has 1 aromatic heterocycles. The molecule has 33 heavy (non-hydrogen) atoms. The molecule has 4 rings (SSSR count). The van der Waals surface area contributed by atoms with Gasteiger partial charge in [0.1, 0.15) is 5.71 Å². The van der Waals surface area contributed by atoms with Crippen molar-refractivity contribution in [2.24, 2.45) is 4.99 Å². The van der Waals surface area contributed by atoms with E-state index in [1.807, 2.05) is 0 Å². The molecular weight excluding hydrogens is 465 g/mol. The van der Waals surface area contributed by atoms with Gasteiger partial charge < -0.3 is 10.4 Å². The standard InChI is InChI=1S/C20H15F3N4O5S/c21-20(22,23)33(31,32)25-10-9-24-19(30)27-14-8-4-2-6-12(14)15(18(27)29)16-17(28)11-5-1-3-7-13(11)26-16/h1-8,25,29H,9-10H2,(H,24,30). The minimum absolute atomic E-state index is 0.0275. The van der Waals surface area contributed by atoms with Gasteiger partial charge in [-0.3, -0.25) is 4.79 Å². The molecule has 0 bridgehead atoms. The zero-order valence-corrected chi connectivity index (χ0v) is 17.4. The number of ketones is 1. The lowest BCUT2D eigenvalue weighted by Gasteiger charge is -2.11. The first-order valence-electron chi connectivity index (χ1n) is 9.42. The van der Waals surface area contributed by atoms with Gasteiger partial charge in [0.15, 0.2) is 0 Å². The lowest BCUT2D eigenvalue weighted by molar-refractivity contribution is -0.0447. The normalized spacial score (nSPS) is 13.8. The number of rotatable bonds is 5. The number of fused-ring (bicyclic) bond motifs is 2. The Bertz CT molecular complexity index is 1430. The van der Waals surface area contributed by atoms with E-state index in [9.17, 15) is 36.3 Å². The second kappa shape index (κ2) is 8.01. The smallest absolute Gasteiger partial charge is 0.494 e. The Morgan fingerprint density at radius 1 is 1.06 bits per heavy atom. The van der Waals surface area contributed by atoms with E-state index < -0.39 is 46.3 Å². The molecule has 0 saturated heterocycles. The number of nitrogens with one attached hydrogen (secondary N) is 2. The Morgan fingerprint density at radius 3 is 2.42 bits per heavy atom. The van der Waals surface area contributed by atoms with Gasteiger partial charge in [-0.25, -0.2) is 27.5 Å². The zero-order valence-electron chi connectivity index (χ0n) is 16.5. The molecule has 0 unspecified atom stereocenters. The van der Waals surface area contributed by atoms with Crippen molar-refractivity contribution >= 4 is 44.1 Å². The SMILES string of the molecule is O=C1C(c2c(O)n(C(=O)NCCNS(=O)(=O)C(F)(F)F)c3ccccc23)=Nc2ccccc21. The maximum absolute atomic E-state index is 12.8. The van der Waals surface area contributed by atoms with Crippen molar-refractivity contribution in [3.63, 3.8) is 0 Å². The highest BCUT2D eigenvalue weighted by Gasteiger charge is 2.45. The number of nitrogens with zero attached hydrogens (tertiary/aromatic N) is 2. The maximum atomic E-state index is 12.8. The number of hydrogen-bond donors (Lipinski definition) is 3. The van der Waals surface area contributed by atoms with Gasteiger partial charge in [0.05, 0.1) is 16.8 Å². The van der Waals surface area contributed by atoms with Crippen LogP contribution in [-0.2, 0) is 10.0 Å². The van der Waals surface area contributed by atoms with Crippen molar-refractivity contribution in [3.05, 3.63) is 59.7 Å². The van der Waals surface area contributed by atoms with Crippen LogP contribution in [0.5, 0.6) is 5.88 Å². The van der Waals surface area contributed by atoms with Gasteiger partial charge in [-0.1, -0.05) is 30.3 Å². The summed E-state index contributed by atoms with van der Waals surface area (Å²) < 4.78 is 61.4. The molecule has 0 radical (unpaired) electrons. The summed E-state index contributed by atoms with van der Waals surface area (Å²) in [4.78, 5) is 29.8. The van der Waals surface area contributed by atoms with Crippen molar-refractivity contribution in [2.75, 3.05) is 13.1 Å². The third kappa shape index (κ3) is 3.85. The maximum Gasteiger partial charge on any atom is 0.511 e. The Kier molecular flexibility index (Phi) is 5.46. The van der Waals surface area contributed by atoms with E-state index in [2.05, 4.69) is 10.3 Å². The number of Topliss-reactive ketones (excluding diaryl/α,β-unsaturated/α-hetero) is 1. The molecule has 1 aliphatic rings. The van der Waals surface area contributed by atoms with Crippen LogP contribution in [0.4, 0.5) is 23.7 Å². The topological polar surface area (TPSA) is 130 Å². The molecule has 0 spiro atoms. The number of aromatic nitrogens is 1. The largest absolute Gasteiger partial charge is 0.511 e. The lowest BCUT2D eigenvalue weighted by Crippen LogP contribution is -2.41.